The molecule has 0 aliphatic heterocycles. The van der Waals surface area contributed by atoms with Crippen LogP contribution in [0.15, 0.2) is 0 Å². The molecule has 0 rings (SSSR count). The van der Waals surface area contributed by atoms with E-state index in [0.717, 1.165) is 0 Å². The zero-order valence-corrected chi connectivity index (χ0v) is 10.5. The van der Waals surface area contributed by atoms with Gasteiger partial charge in [0.1, 0.15) is 0 Å². The quantitative estimate of drug-likeness (QED) is 0.632. The number of methoxy groups -OCH3 is 1. The average Bonchev–Trinajstić information content (AvgIpc) is 2.17. The van der Waals surface area contributed by atoms with Crippen LogP contribution in [-0.4, -0.2) is 56.4 Å². The molecule has 0 spiro atoms. The largest absolute Gasteiger partial charge is 0.481 e. The monoisotopic (exact) mass is 253 g/mol. The fraction of sp³-hybridized carbons (Fsp3) is 0.889. The SMILES string of the molecule is CCN(CCOC)S(=O)(=O)CCCC(=O)O. The van der Waals surface area contributed by atoms with E-state index in [0.29, 0.717) is 19.7 Å². The number of aliphatic carboxylic acids is 1. The molecule has 0 aliphatic rings. The van der Waals surface area contributed by atoms with Crippen LogP contribution in [0, 0.1) is 0 Å². The molecule has 1 N–H and O–H groups in total. The molecule has 0 radical (unpaired) electrons. The molecule has 7 heteroatoms. The molecule has 0 aromatic heterocycles. The van der Waals surface area contributed by atoms with E-state index in [1.165, 1.54) is 11.4 Å². The van der Waals surface area contributed by atoms with Crippen molar-refractivity contribution in [1.82, 2.24) is 4.31 Å². The number of sulfonamides is 1. The van der Waals surface area contributed by atoms with Crippen LogP contribution in [0.4, 0.5) is 0 Å². The Hall–Kier alpha value is -0.660. The molecule has 0 saturated carbocycles. The lowest BCUT2D eigenvalue weighted by Crippen LogP contribution is -2.35. The van der Waals surface area contributed by atoms with Gasteiger partial charge in [-0.2, -0.15) is 4.31 Å². The van der Waals surface area contributed by atoms with Crippen molar-refractivity contribution in [3.8, 4) is 0 Å². The van der Waals surface area contributed by atoms with Crippen LogP contribution in [0.25, 0.3) is 0 Å². The van der Waals surface area contributed by atoms with E-state index in [1.807, 2.05) is 0 Å². The van der Waals surface area contributed by atoms with Crippen molar-refractivity contribution in [1.29, 1.82) is 0 Å². The molecule has 0 unspecified atom stereocenters. The van der Waals surface area contributed by atoms with E-state index in [2.05, 4.69) is 0 Å². The molecule has 0 bridgehead atoms. The molecule has 0 aliphatic carbocycles. The van der Waals surface area contributed by atoms with Crippen molar-refractivity contribution in [2.75, 3.05) is 32.6 Å². The minimum atomic E-state index is -3.35. The Bertz CT molecular complexity index is 301. The third-order valence-corrected chi connectivity index (χ3v) is 4.12. The summed E-state index contributed by atoms with van der Waals surface area (Å²) in [6.45, 7) is 2.76. The van der Waals surface area contributed by atoms with Crippen LogP contribution in [-0.2, 0) is 19.6 Å². The number of likely N-dealkylation sites (N-methyl/N-ethyl adjacent to an activating group) is 1. The molecule has 0 saturated heterocycles. The molecule has 0 aromatic rings. The van der Waals surface area contributed by atoms with Crippen LogP contribution in [0.3, 0.4) is 0 Å². The minimum absolute atomic E-state index is 0.124. The van der Waals surface area contributed by atoms with Crippen molar-refractivity contribution >= 4 is 16.0 Å². The van der Waals surface area contributed by atoms with E-state index < -0.39 is 16.0 Å². The van der Waals surface area contributed by atoms with Crippen molar-refractivity contribution in [3.63, 3.8) is 0 Å². The summed E-state index contributed by atoms with van der Waals surface area (Å²) in [5, 5.41) is 8.42. The Morgan fingerprint density at radius 2 is 2.06 bits per heavy atom. The van der Waals surface area contributed by atoms with Crippen LogP contribution in [0.2, 0.25) is 0 Å². The molecule has 16 heavy (non-hydrogen) atoms. The minimum Gasteiger partial charge on any atom is -0.481 e. The van der Waals surface area contributed by atoms with Crippen LogP contribution < -0.4 is 0 Å². The Balaban J connectivity index is 4.20. The predicted octanol–water partition coefficient (Wildman–Crippen LogP) is 0.149. The van der Waals surface area contributed by atoms with E-state index in [-0.39, 0.29) is 18.6 Å². The van der Waals surface area contributed by atoms with Crippen molar-refractivity contribution in [3.05, 3.63) is 0 Å². The maximum absolute atomic E-state index is 11.7. The number of carboxylic acid groups (broad SMARTS) is 1. The zero-order valence-electron chi connectivity index (χ0n) is 9.68. The molecule has 0 heterocycles. The highest BCUT2D eigenvalue weighted by Crippen LogP contribution is 2.04. The number of hydrogen-bond donors (Lipinski definition) is 1. The Morgan fingerprint density at radius 1 is 1.44 bits per heavy atom. The summed E-state index contributed by atoms with van der Waals surface area (Å²) in [5.41, 5.74) is 0. The summed E-state index contributed by atoms with van der Waals surface area (Å²) in [6.07, 6.45) is 0.0161. The first-order valence-corrected chi connectivity index (χ1v) is 6.73. The van der Waals surface area contributed by atoms with E-state index in [4.69, 9.17) is 9.84 Å². The smallest absolute Gasteiger partial charge is 0.303 e. The fourth-order valence-electron chi connectivity index (χ4n) is 1.22. The first-order chi connectivity index (χ1) is 7.44. The molecular formula is C9H19NO5S. The summed E-state index contributed by atoms with van der Waals surface area (Å²) < 4.78 is 29.6. The van der Waals surface area contributed by atoms with Crippen LogP contribution in [0.1, 0.15) is 19.8 Å². The highest BCUT2D eigenvalue weighted by Gasteiger charge is 2.19. The zero-order chi connectivity index (χ0) is 12.6. The molecule has 0 amide bonds. The summed E-state index contributed by atoms with van der Waals surface area (Å²) in [4.78, 5) is 10.3. The summed E-state index contributed by atoms with van der Waals surface area (Å²) >= 11 is 0. The lowest BCUT2D eigenvalue weighted by Gasteiger charge is -2.19. The first kappa shape index (κ1) is 15.3. The van der Waals surface area contributed by atoms with E-state index >= 15 is 0 Å². The number of carbonyl (C=O) groups is 1. The van der Waals surface area contributed by atoms with Gasteiger partial charge < -0.3 is 9.84 Å². The summed E-state index contributed by atoms with van der Waals surface area (Å²) in [7, 11) is -1.85. The average molecular weight is 253 g/mol. The second kappa shape index (κ2) is 7.59. The van der Waals surface area contributed by atoms with Gasteiger partial charge in [-0.3, -0.25) is 4.79 Å². The normalized spacial score (nSPS) is 11.9. The number of carboxylic acids is 1. The standard InChI is InChI=1S/C9H19NO5S/c1-3-10(6-7-15-2)16(13,14)8-4-5-9(11)12/h3-8H2,1-2H3,(H,11,12). The van der Waals surface area contributed by atoms with Gasteiger partial charge >= 0.3 is 5.97 Å². The Morgan fingerprint density at radius 3 is 2.50 bits per heavy atom. The molecule has 0 fully saturated rings. The lowest BCUT2D eigenvalue weighted by atomic mass is 10.3. The van der Waals surface area contributed by atoms with Gasteiger partial charge in [0.25, 0.3) is 0 Å². The van der Waals surface area contributed by atoms with E-state index in [9.17, 15) is 13.2 Å². The highest BCUT2D eigenvalue weighted by molar-refractivity contribution is 7.89. The number of ether oxygens (including phenoxy) is 1. The third kappa shape index (κ3) is 6.04. The lowest BCUT2D eigenvalue weighted by molar-refractivity contribution is -0.137. The van der Waals surface area contributed by atoms with Crippen molar-refractivity contribution in [2.45, 2.75) is 19.8 Å². The van der Waals surface area contributed by atoms with Crippen molar-refractivity contribution < 1.29 is 23.1 Å². The molecule has 0 aromatic carbocycles. The maximum Gasteiger partial charge on any atom is 0.303 e. The maximum atomic E-state index is 11.7. The predicted molar refractivity (Wildman–Crippen MR) is 59.8 cm³/mol. The van der Waals surface area contributed by atoms with Gasteiger partial charge in [0.05, 0.1) is 12.4 Å². The number of rotatable bonds is 9. The fourth-order valence-corrected chi connectivity index (χ4v) is 2.74. The van der Waals surface area contributed by atoms with Crippen LogP contribution in [0.5, 0.6) is 0 Å². The summed E-state index contributed by atoms with van der Waals surface area (Å²) in [5.74, 6) is -1.10. The second-order valence-electron chi connectivity index (χ2n) is 3.30. The van der Waals surface area contributed by atoms with Crippen LogP contribution >= 0.6 is 0 Å². The topological polar surface area (TPSA) is 83.9 Å². The molecule has 96 valence electrons. The number of nitrogens with zero attached hydrogens (tertiary/aromatic N) is 1. The Kier molecular flexibility index (Phi) is 7.27. The van der Waals surface area contributed by atoms with Gasteiger partial charge in [0.2, 0.25) is 10.0 Å². The molecular weight excluding hydrogens is 234 g/mol. The van der Waals surface area contributed by atoms with Gasteiger partial charge in [-0.1, -0.05) is 6.92 Å². The van der Waals surface area contributed by atoms with Crippen molar-refractivity contribution in [2.24, 2.45) is 0 Å². The highest BCUT2D eigenvalue weighted by atomic mass is 32.2. The van der Waals surface area contributed by atoms with Gasteiger partial charge in [0.15, 0.2) is 0 Å². The Labute approximate surface area is 96.2 Å². The second-order valence-corrected chi connectivity index (χ2v) is 5.39. The van der Waals surface area contributed by atoms with Gasteiger partial charge in [0, 0.05) is 26.6 Å². The van der Waals surface area contributed by atoms with E-state index in [1.54, 1.807) is 6.92 Å². The van der Waals surface area contributed by atoms with Gasteiger partial charge in [-0.05, 0) is 6.42 Å². The number of hydrogen-bond acceptors (Lipinski definition) is 4. The first-order valence-electron chi connectivity index (χ1n) is 5.12. The molecule has 6 nitrogen and oxygen atoms in total. The van der Waals surface area contributed by atoms with Gasteiger partial charge in [-0.15, -0.1) is 0 Å². The summed E-state index contributed by atoms with van der Waals surface area (Å²) in [6, 6.07) is 0. The molecule has 0 atom stereocenters. The third-order valence-electron chi connectivity index (χ3n) is 2.08. The van der Waals surface area contributed by atoms with Gasteiger partial charge in [-0.25, -0.2) is 8.42 Å².